The molecule has 5 nitrogen and oxygen atoms in total. The number of imidazole rings is 1. The summed E-state index contributed by atoms with van der Waals surface area (Å²) in [6.07, 6.45) is 1.47. The highest BCUT2D eigenvalue weighted by atomic mass is 16.4. The van der Waals surface area contributed by atoms with E-state index in [-0.39, 0.29) is 6.04 Å². The minimum atomic E-state index is -0.874. The Hall–Kier alpha value is -1.52. The van der Waals surface area contributed by atoms with E-state index >= 15 is 0 Å². The number of hydrogen-bond acceptors (Lipinski definition) is 2. The summed E-state index contributed by atoms with van der Waals surface area (Å²) in [5, 5.41) is 8.86. The van der Waals surface area contributed by atoms with Gasteiger partial charge in [-0.3, -0.25) is 4.90 Å². The Morgan fingerprint density at radius 1 is 1.85 bits per heavy atom. The van der Waals surface area contributed by atoms with Gasteiger partial charge in [-0.15, -0.1) is 0 Å². The van der Waals surface area contributed by atoms with Gasteiger partial charge in [0.05, 0.1) is 18.1 Å². The van der Waals surface area contributed by atoms with Crippen LogP contribution in [0.4, 0.5) is 4.79 Å². The first-order valence-corrected chi connectivity index (χ1v) is 4.22. The van der Waals surface area contributed by atoms with Crippen LogP contribution in [0.1, 0.15) is 24.4 Å². The van der Waals surface area contributed by atoms with Gasteiger partial charge in [-0.1, -0.05) is 0 Å². The van der Waals surface area contributed by atoms with Crippen molar-refractivity contribution in [3.8, 4) is 0 Å². The van der Waals surface area contributed by atoms with Crippen LogP contribution in [0.15, 0.2) is 6.33 Å². The predicted molar refractivity (Wildman–Crippen MR) is 45.4 cm³/mol. The quantitative estimate of drug-likeness (QED) is 0.627. The second kappa shape index (κ2) is 2.76. The molecule has 0 fully saturated rings. The lowest BCUT2D eigenvalue weighted by Gasteiger charge is -2.29. The average molecular weight is 181 g/mol. The Balaban J connectivity index is 2.32. The van der Waals surface area contributed by atoms with Crippen LogP contribution < -0.4 is 0 Å². The topological polar surface area (TPSA) is 69.2 Å². The fourth-order valence-electron chi connectivity index (χ4n) is 1.73. The molecule has 0 spiro atoms. The van der Waals surface area contributed by atoms with E-state index in [1.54, 1.807) is 6.33 Å². The average Bonchev–Trinajstić information content (AvgIpc) is 2.52. The Morgan fingerprint density at radius 2 is 2.62 bits per heavy atom. The highest BCUT2D eigenvalue weighted by Crippen LogP contribution is 2.26. The number of aromatic amines is 1. The van der Waals surface area contributed by atoms with Gasteiger partial charge in [-0.05, 0) is 6.92 Å². The molecule has 0 aromatic carbocycles. The van der Waals surface area contributed by atoms with Crippen molar-refractivity contribution >= 4 is 6.09 Å². The summed E-state index contributed by atoms with van der Waals surface area (Å²) in [4.78, 5) is 19.3. The molecule has 0 bridgehead atoms. The molecule has 2 N–H and O–H groups in total. The Morgan fingerprint density at radius 3 is 3.31 bits per heavy atom. The van der Waals surface area contributed by atoms with E-state index in [4.69, 9.17) is 5.11 Å². The molecule has 13 heavy (non-hydrogen) atoms. The van der Waals surface area contributed by atoms with Crippen molar-refractivity contribution in [1.29, 1.82) is 0 Å². The molecule has 0 saturated carbocycles. The second-order valence-corrected chi connectivity index (χ2v) is 3.17. The Labute approximate surface area is 75.4 Å². The second-order valence-electron chi connectivity index (χ2n) is 3.17. The summed E-state index contributed by atoms with van der Waals surface area (Å²) >= 11 is 0. The van der Waals surface area contributed by atoms with E-state index < -0.39 is 6.09 Å². The van der Waals surface area contributed by atoms with E-state index in [1.165, 1.54) is 4.90 Å². The first-order valence-electron chi connectivity index (χ1n) is 4.22. The number of carbonyl (C=O) groups is 1. The lowest BCUT2D eigenvalue weighted by Crippen LogP contribution is -2.37. The molecule has 1 aliphatic heterocycles. The van der Waals surface area contributed by atoms with Crippen molar-refractivity contribution < 1.29 is 9.90 Å². The summed E-state index contributed by atoms with van der Waals surface area (Å²) in [6, 6.07) is -0.132. The first kappa shape index (κ1) is 8.10. The summed E-state index contributed by atoms with van der Waals surface area (Å²) in [7, 11) is 0. The van der Waals surface area contributed by atoms with Crippen LogP contribution in [-0.4, -0.2) is 32.6 Å². The van der Waals surface area contributed by atoms with Gasteiger partial charge in [0.2, 0.25) is 0 Å². The zero-order valence-corrected chi connectivity index (χ0v) is 7.32. The van der Waals surface area contributed by atoms with Crippen LogP contribution in [0.25, 0.3) is 0 Å². The van der Waals surface area contributed by atoms with Crippen LogP contribution in [0.5, 0.6) is 0 Å². The van der Waals surface area contributed by atoms with Crippen LogP contribution in [0.2, 0.25) is 0 Å². The standard InChI is InChI=1S/C8H11N3O2/c1-5-7-6(9-4-10-7)2-3-11(5)8(12)13/h4-5H,2-3H2,1H3,(H,9,10)(H,12,13). The zero-order chi connectivity index (χ0) is 9.42. The summed E-state index contributed by atoms with van der Waals surface area (Å²) < 4.78 is 0. The van der Waals surface area contributed by atoms with Crippen molar-refractivity contribution in [3.05, 3.63) is 17.7 Å². The number of H-pyrrole nitrogens is 1. The van der Waals surface area contributed by atoms with Crippen molar-refractivity contribution in [1.82, 2.24) is 14.9 Å². The van der Waals surface area contributed by atoms with Gasteiger partial charge in [0, 0.05) is 18.7 Å². The fourth-order valence-corrected chi connectivity index (χ4v) is 1.73. The lowest BCUT2D eigenvalue weighted by molar-refractivity contribution is 0.123. The molecule has 1 aromatic rings. The number of nitrogens with one attached hydrogen (secondary N) is 1. The lowest BCUT2D eigenvalue weighted by atomic mass is 10.1. The number of hydrogen-bond donors (Lipinski definition) is 2. The molecule has 1 aliphatic rings. The maximum atomic E-state index is 10.8. The van der Waals surface area contributed by atoms with Gasteiger partial charge in [0.1, 0.15) is 0 Å². The molecule has 0 saturated heterocycles. The largest absolute Gasteiger partial charge is 0.465 e. The third kappa shape index (κ3) is 1.16. The molecule has 0 aliphatic carbocycles. The van der Waals surface area contributed by atoms with Gasteiger partial charge < -0.3 is 10.1 Å². The van der Waals surface area contributed by atoms with Crippen molar-refractivity contribution in [2.75, 3.05) is 6.54 Å². The number of amides is 1. The monoisotopic (exact) mass is 181 g/mol. The predicted octanol–water partition coefficient (Wildman–Crippen LogP) is 1.01. The molecule has 1 atom stereocenters. The minimum absolute atomic E-state index is 0.132. The molecule has 2 rings (SSSR count). The summed E-state index contributed by atoms with van der Waals surface area (Å²) in [5.41, 5.74) is 1.92. The molecule has 5 heteroatoms. The summed E-state index contributed by atoms with van der Waals surface area (Å²) in [5.74, 6) is 0. The zero-order valence-electron chi connectivity index (χ0n) is 7.32. The molecule has 2 heterocycles. The van der Waals surface area contributed by atoms with E-state index in [1.807, 2.05) is 6.92 Å². The van der Waals surface area contributed by atoms with E-state index in [0.29, 0.717) is 6.54 Å². The number of aromatic nitrogens is 2. The highest BCUT2D eigenvalue weighted by Gasteiger charge is 2.28. The highest BCUT2D eigenvalue weighted by molar-refractivity contribution is 5.66. The molecule has 1 unspecified atom stereocenters. The number of carboxylic acid groups (broad SMARTS) is 1. The molecule has 1 amide bonds. The third-order valence-electron chi connectivity index (χ3n) is 2.46. The number of nitrogens with zero attached hydrogens (tertiary/aromatic N) is 2. The number of rotatable bonds is 0. The normalized spacial score (nSPS) is 21.3. The SMILES string of the molecule is CC1c2nc[nH]c2CCN1C(=O)O. The van der Waals surface area contributed by atoms with Gasteiger partial charge in [-0.2, -0.15) is 0 Å². The van der Waals surface area contributed by atoms with Gasteiger partial charge >= 0.3 is 6.09 Å². The smallest absolute Gasteiger partial charge is 0.407 e. The van der Waals surface area contributed by atoms with Gasteiger partial charge in [0.15, 0.2) is 0 Å². The third-order valence-corrected chi connectivity index (χ3v) is 2.46. The minimum Gasteiger partial charge on any atom is -0.465 e. The first-order chi connectivity index (χ1) is 6.20. The fraction of sp³-hybridized carbons (Fsp3) is 0.500. The molecular weight excluding hydrogens is 170 g/mol. The van der Waals surface area contributed by atoms with Crippen molar-refractivity contribution in [2.24, 2.45) is 0 Å². The number of fused-ring (bicyclic) bond motifs is 1. The van der Waals surface area contributed by atoms with Crippen LogP contribution in [0.3, 0.4) is 0 Å². The Bertz CT molecular complexity index is 334. The van der Waals surface area contributed by atoms with E-state index in [0.717, 1.165) is 17.8 Å². The van der Waals surface area contributed by atoms with Gasteiger partial charge in [-0.25, -0.2) is 9.78 Å². The maximum absolute atomic E-state index is 10.8. The van der Waals surface area contributed by atoms with Crippen molar-refractivity contribution in [2.45, 2.75) is 19.4 Å². The van der Waals surface area contributed by atoms with E-state index in [2.05, 4.69) is 9.97 Å². The van der Waals surface area contributed by atoms with E-state index in [9.17, 15) is 4.79 Å². The molecular formula is C8H11N3O2. The van der Waals surface area contributed by atoms with Crippen LogP contribution in [-0.2, 0) is 6.42 Å². The van der Waals surface area contributed by atoms with Gasteiger partial charge in [0.25, 0.3) is 0 Å². The summed E-state index contributed by atoms with van der Waals surface area (Å²) in [6.45, 7) is 2.40. The molecule has 1 aromatic heterocycles. The van der Waals surface area contributed by atoms with Crippen LogP contribution >= 0.6 is 0 Å². The molecule has 70 valence electrons. The molecule has 0 radical (unpaired) electrons. The van der Waals surface area contributed by atoms with Crippen molar-refractivity contribution in [3.63, 3.8) is 0 Å². The Kier molecular flexibility index (Phi) is 1.72. The van der Waals surface area contributed by atoms with Crippen LogP contribution in [0, 0.1) is 0 Å². The maximum Gasteiger partial charge on any atom is 0.407 e.